The maximum Gasteiger partial charge on any atom is 0.110 e. The summed E-state index contributed by atoms with van der Waals surface area (Å²) in [6.07, 6.45) is 7.76. The molecule has 0 radical (unpaired) electrons. The molecular weight excluding hydrogens is 398 g/mol. The highest BCUT2D eigenvalue weighted by Gasteiger charge is 2.13. The average Bonchev–Trinajstić information content (AvgIpc) is 2.84. The van der Waals surface area contributed by atoms with E-state index in [4.69, 9.17) is 4.98 Å². The Balaban J connectivity index is 1.50. The van der Waals surface area contributed by atoms with Crippen molar-refractivity contribution in [1.82, 2.24) is 14.5 Å². The molecule has 1 aromatic heterocycles. The summed E-state index contributed by atoms with van der Waals surface area (Å²) in [6, 6.07) is 17.1. The van der Waals surface area contributed by atoms with Crippen molar-refractivity contribution in [3.8, 4) is 0 Å². The highest BCUT2D eigenvalue weighted by atomic mass is 79.9. The van der Waals surface area contributed by atoms with Crippen molar-refractivity contribution in [2.45, 2.75) is 45.1 Å². The fraction of sp³-hybridized carbons (Fsp3) is 0.435. The molecule has 0 aliphatic carbocycles. The molecule has 1 aliphatic heterocycles. The van der Waals surface area contributed by atoms with Crippen LogP contribution in [0.25, 0.3) is 11.0 Å². The first-order valence-corrected chi connectivity index (χ1v) is 11.0. The third-order valence-electron chi connectivity index (χ3n) is 5.56. The Morgan fingerprint density at radius 2 is 1.63 bits per heavy atom. The molecule has 1 fully saturated rings. The minimum atomic E-state index is 0.882. The molecule has 0 N–H and O–H groups in total. The lowest BCUT2D eigenvalue weighted by Crippen LogP contribution is -2.26. The zero-order valence-electron chi connectivity index (χ0n) is 15.9. The van der Waals surface area contributed by atoms with Crippen molar-refractivity contribution >= 4 is 27.0 Å². The van der Waals surface area contributed by atoms with E-state index in [2.05, 4.69) is 73.9 Å². The van der Waals surface area contributed by atoms with Crippen molar-refractivity contribution in [2.75, 3.05) is 19.6 Å². The van der Waals surface area contributed by atoms with Gasteiger partial charge in [-0.1, -0.05) is 53.0 Å². The fourth-order valence-corrected chi connectivity index (χ4v) is 4.35. The van der Waals surface area contributed by atoms with Gasteiger partial charge in [0.1, 0.15) is 5.82 Å². The summed E-state index contributed by atoms with van der Waals surface area (Å²) in [6.45, 7) is 4.62. The maximum atomic E-state index is 4.96. The second-order valence-electron chi connectivity index (χ2n) is 7.59. The highest BCUT2D eigenvalue weighted by molar-refractivity contribution is 9.10. The number of hydrogen-bond donors (Lipinski definition) is 0. The van der Waals surface area contributed by atoms with Crippen LogP contribution in [-0.2, 0) is 13.0 Å². The van der Waals surface area contributed by atoms with Crippen molar-refractivity contribution in [3.05, 3.63) is 64.4 Å². The summed E-state index contributed by atoms with van der Waals surface area (Å²) in [5.41, 5.74) is 3.67. The number of fused-ring (bicyclic) bond motifs is 1. The molecule has 1 saturated heterocycles. The monoisotopic (exact) mass is 425 g/mol. The number of halogens is 1. The van der Waals surface area contributed by atoms with Crippen LogP contribution >= 0.6 is 15.9 Å². The molecule has 0 unspecified atom stereocenters. The molecule has 27 heavy (non-hydrogen) atoms. The third kappa shape index (κ3) is 4.80. The van der Waals surface area contributed by atoms with E-state index in [0.717, 1.165) is 23.0 Å². The van der Waals surface area contributed by atoms with Gasteiger partial charge in [-0.05, 0) is 68.7 Å². The van der Waals surface area contributed by atoms with Gasteiger partial charge in [0.25, 0.3) is 0 Å². The molecule has 3 aromatic rings. The normalized spacial score (nSPS) is 15.9. The second-order valence-corrected chi connectivity index (χ2v) is 8.50. The lowest BCUT2D eigenvalue weighted by molar-refractivity contribution is 0.280. The summed E-state index contributed by atoms with van der Waals surface area (Å²) in [7, 11) is 0. The zero-order valence-corrected chi connectivity index (χ0v) is 17.5. The summed E-state index contributed by atoms with van der Waals surface area (Å²) in [5.74, 6) is 1.22. The van der Waals surface area contributed by atoms with Gasteiger partial charge in [0.05, 0.1) is 11.0 Å². The lowest BCUT2D eigenvalue weighted by atomic mass is 10.2. The van der Waals surface area contributed by atoms with Crippen LogP contribution in [0.1, 0.15) is 43.5 Å². The summed E-state index contributed by atoms with van der Waals surface area (Å²) in [4.78, 5) is 7.61. The zero-order chi connectivity index (χ0) is 18.5. The van der Waals surface area contributed by atoms with E-state index in [0.29, 0.717) is 0 Å². The second kappa shape index (κ2) is 9.03. The number of rotatable bonds is 6. The van der Waals surface area contributed by atoms with Crippen LogP contribution in [0.4, 0.5) is 0 Å². The summed E-state index contributed by atoms with van der Waals surface area (Å²) >= 11 is 3.53. The largest absolute Gasteiger partial charge is 0.323 e. The molecule has 0 spiro atoms. The van der Waals surface area contributed by atoms with Gasteiger partial charge in [-0.2, -0.15) is 0 Å². The Morgan fingerprint density at radius 3 is 2.41 bits per heavy atom. The van der Waals surface area contributed by atoms with Crippen LogP contribution in [0.5, 0.6) is 0 Å². The Morgan fingerprint density at radius 1 is 0.889 bits per heavy atom. The van der Waals surface area contributed by atoms with Crippen LogP contribution in [0.2, 0.25) is 0 Å². The van der Waals surface area contributed by atoms with E-state index >= 15 is 0 Å². The SMILES string of the molecule is Brc1ccc(Cn2c(CCCN3CCCCCC3)nc3ccccc32)cc1. The fourth-order valence-electron chi connectivity index (χ4n) is 4.09. The number of likely N-dealkylation sites (tertiary alicyclic amines) is 1. The van der Waals surface area contributed by atoms with Crippen LogP contribution in [0.15, 0.2) is 53.0 Å². The number of nitrogens with zero attached hydrogens (tertiary/aromatic N) is 3. The van der Waals surface area contributed by atoms with E-state index < -0.39 is 0 Å². The number of hydrogen-bond acceptors (Lipinski definition) is 2. The van der Waals surface area contributed by atoms with E-state index in [1.807, 2.05) is 0 Å². The molecule has 4 heteroatoms. The van der Waals surface area contributed by atoms with E-state index in [1.165, 1.54) is 68.6 Å². The molecule has 0 atom stereocenters. The van der Waals surface area contributed by atoms with Crippen LogP contribution in [-0.4, -0.2) is 34.1 Å². The summed E-state index contributed by atoms with van der Waals surface area (Å²) in [5, 5.41) is 0. The number of imidazole rings is 1. The molecule has 0 bridgehead atoms. The molecular formula is C23H28BrN3. The number of benzene rings is 2. The lowest BCUT2D eigenvalue weighted by Gasteiger charge is -2.19. The van der Waals surface area contributed by atoms with E-state index in [9.17, 15) is 0 Å². The Bertz CT molecular complexity index is 861. The minimum absolute atomic E-state index is 0.882. The topological polar surface area (TPSA) is 21.1 Å². The molecule has 3 nitrogen and oxygen atoms in total. The Kier molecular flexibility index (Phi) is 6.25. The standard InChI is InChI=1S/C23H28BrN3/c24-20-13-11-19(12-14-20)18-27-22-9-4-3-8-21(22)25-23(27)10-7-17-26-15-5-1-2-6-16-26/h3-4,8-9,11-14H,1-2,5-7,10,15-18H2. The first kappa shape index (κ1) is 18.7. The summed E-state index contributed by atoms with van der Waals surface area (Å²) < 4.78 is 3.53. The molecule has 0 saturated carbocycles. The molecule has 1 aliphatic rings. The minimum Gasteiger partial charge on any atom is -0.323 e. The van der Waals surface area contributed by atoms with Crippen molar-refractivity contribution in [3.63, 3.8) is 0 Å². The highest BCUT2D eigenvalue weighted by Crippen LogP contribution is 2.20. The van der Waals surface area contributed by atoms with Gasteiger partial charge >= 0.3 is 0 Å². The molecule has 2 heterocycles. The van der Waals surface area contributed by atoms with Crippen LogP contribution in [0, 0.1) is 0 Å². The van der Waals surface area contributed by atoms with Crippen molar-refractivity contribution in [1.29, 1.82) is 0 Å². The van der Waals surface area contributed by atoms with Crippen LogP contribution in [0.3, 0.4) is 0 Å². The van der Waals surface area contributed by atoms with Gasteiger partial charge in [0, 0.05) is 17.4 Å². The van der Waals surface area contributed by atoms with Crippen molar-refractivity contribution < 1.29 is 0 Å². The smallest absolute Gasteiger partial charge is 0.110 e. The van der Waals surface area contributed by atoms with Gasteiger partial charge in [0.15, 0.2) is 0 Å². The maximum absolute atomic E-state index is 4.96. The number of aryl methyl sites for hydroxylation is 1. The van der Waals surface area contributed by atoms with Crippen LogP contribution < -0.4 is 0 Å². The predicted molar refractivity (Wildman–Crippen MR) is 116 cm³/mol. The van der Waals surface area contributed by atoms with Gasteiger partial charge in [-0.15, -0.1) is 0 Å². The Hall–Kier alpha value is -1.65. The molecule has 0 amide bonds. The number of aromatic nitrogens is 2. The third-order valence-corrected chi connectivity index (χ3v) is 6.09. The predicted octanol–water partition coefficient (Wildman–Crippen LogP) is 5.66. The number of para-hydroxylation sites is 2. The molecule has 142 valence electrons. The molecule has 2 aromatic carbocycles. The quantitative estimate of drug-likeness (QED) is 0.508. The van der Waals surface area contributed by atoms with Gasteiger partial charge in [-0.25, -0.2) is 4.98 Å². The van der Waals surface area contributed by atoms with Gasteiger partial charge in [-0.3, -0.25) is 0 Å². The van der Waals surface area contributed by atoms with Gasteiger partial charge in [0.2, 0.25) is 0 Å². The Labute approximate surface area is 170 Å². The van der Waals surface area contributed by atoms with E-state index in [1.54, 1.807) is 0 Å². The molecule has 4 rings (SSSR count). The van der Waals surface area contributed by atoms with E-state index in [-0.39, 0.29) is 0 Å². The van der Waals surface area contributed by atoms with Gasteiger partial charge < -0.3 is 9.47 Å². The average molecular weight is 426 g/mol. The van der Waals surface area contributed by atoms with Crippen molar-refractivity contribution in [2.24, 2.45) is 0 Å². The first-order valence-electron chi connectivity index (χ1n) is 10.2. The first-order chi connectivity index (χ1) is 13.3.